The molecule has 19 N–H and O–H groups in total. The van der Waals surface area contributed by atoms with Gasteiger partial charge in [0, 0.05) is 44.0 Å². The molecular formula is C57H76N12O18S. The van der Waals surface area contributed by atoms with Crippen LogP contribution in [-0.4, -0.2) is 202 Å². The summed E-state index contributed by atoms with van der Waals surface area (Å²) >= 11 is 1.29. The Bertz CT molecular complexity index is 2990. The van der Waals surface area contributed by atoms with Gasteiger partial charge in [-0.1, -0.05) is 54.6 Å². The maximum atomic E-state index is 14.4. The highest BCUT2D eigenvalue weighted by Gasteiger charge is 2.38. The Kier molecular flexibility index (Phi) is 28.7. The lowest BCUT2D eigenvalue weighted by atomic mass is 10.0. The van der Waals surface area contributed by atoms with Crippen molar-refractivity contribution in [3.05, 3.63) is 114 Å². The first-order valence-electron chi connectivity index (χ1n) is 27.7. The first-order chi connectivity index (χ1) is 41.7. The first kappa shape index (κ1) is 71.3. The van der Waals surface area contributed by atoms with Crippen molar-refractivity contribution in [3.8, 4) is 11.5 Å². The minimum absolute atomic E-state index is 0.0415. The van der Waals surface area contributed by atoms with Crippen molar-refractivity contribution in [2.75, 3.05) is 18.6 Å². The lowest BCUT2D eigenvalue weighted by Gasteiger charge is -2.29. The van der Waals surface area contributed by atoms with Crippen molar-refractivity contribution >= 4 is 76.9 Å². The van der Waals surface area contributed by atoms with E-state index in [2.05, 4.69) is 57.8 Å². The minimum atomic E-state index is -1.98. The van der Waals surface area contributed by atoms with E-state index in [1.165, 1.54) is 72.8 Å². The highest BCUT2D eigenvalue weighted by Crippen LogP contribution is 2.16. The van der Waals surface area contributed by atoms with Crippen molar-refractivity contribution in [2.45, 2.75) is 138 Å². The van der Waals surface area contributed by atoms with Crippen molar-refractivity contribution in [1.82, 2.24) is 57.8 Å². The van der Waals surface area contributed by atoms with Gasteiger partial charge in [-0.25, -0.2) is 9.78 Å². The van der Waals surface area contributed by atoms with Crippen molar-refractivity contribution in [3.63, 3.8) is 0 Å². The van der Waals surface area contributed by atoms with Crippen molar-refractivity contribution < 1.29 is 88.5 Å². The van der Waals surface area contributed by atoms with E-state index < -0.39 is 164 Å². The maximum absolute atomic E-state index is 14.4. The van der Waals surface area contributed by atoms with Crippen LogP contribution in [0.25, 0.3) is 0 Å². The predicted octanol–water partition coefficient (Wildman–Crippen LogP) is -3.74. The van der Waals surface area contributed by atoms with Gasteiger partial charge in [0.25, 0.3) is 0 Å². The molecule has 0 aliphatic carbocycles. The zero-order chi connectivity index (χ0) is 65.2. The Hall–Kier alpha value is -9.17. The molecular weight excluding hydrogens is 1170 g/mol. The van der Waals surface area contributed by atoms with E-state index >= 15 is 0 Å². The number of hydrogen-bond acceptors (Lipinski definition) is 19. The topological polar surface area (TPSA) is 492 Å². The molecule has 4 aromatic rings. The molecule has 88 heavy (non-hydrogen) atoms. The molecule has 0 unspecified atom stereocenters. The van der Waals surface area contributed by atoms with Crippen LogP contribution in [0.15, 0.2) is 91.4 Å². The normalized spacial score (nSPS) is 15.2. The number of aliphatic hydroxyl groups is 3. The van der Waals surface area contributed by atoms with Gasteiger partial charge in [0.1, 0.15) is 65.9 Å². The number of nitrogens with two attached hydrogens (primary N) is 1. The number of H-pyrrole nitrogens is 1. The van der Waals surface area contributed by atoms with E-state index in [0.717, 1.165) is 20.8 Å². The number of nitrogens with one attached hydrogen (secondary N) is 10. The van der Waals surface area contributed by atoms with Crippen LogP contribution in [0.1, 0.15) is 62.4 Å². The third-order valence-electron chi connectivity index (χ3n) is 13.4. The zero-order valence-electron chi connectivity index (χ0n) is 48.5. The number of carbonyl (C=O) groups is 11. The second-order valence-corrected chi connectivity index (χ2v) is 21.6. The molecule has 31 heteroatoms. The molecule has 1 aromatic heterocycles. The number of aromatic amines is 1. The van der Waals surface area contributed by atoms with E-state index in [1.54, 1.807) is 36.6 Å². The number of aliphatic carboxylic acids is 2. The van der Waals surface area contributed by atoms with Crippen LogP contribution in [0.4, 0.5) is 0 Å². The second-order valence-electron chi connectivity index (χ2n) is 20.6. The summed E-state index contributed by atoms with van der Waals surface area (Å²) in [7, 11) is 0. The Morgan fingerprint density at radius 3 is 1.24 bits per heavy atom. The number of imidazole rings is 1. The predicted molar refractivity (Wildman–Crippen MR) is 315 cm³/mol. The molecule has 1 heterocycles. The number of amides is 9. The van der Waals surface area contributed by atoms with E-state index in [9.17, 15) is 88.5 Å². The lowest BCUT2D eigenvalue weighted by Crippen LogP contribution is -2.63. The number of phenols is 2. The molecule has 0 aliphatic rings. The molecule has 9 amide bonds. The maximum Gasteiger partial charge on any atom is 0.326 e. The summed E-state index contributed by atoms with van der Waals surface area (Å²) in [4.78, 5) is 156. The number of benzene rings is 3. The first-order valence-corrected chi connectivity index (χ1v) is 29.1. The summed E-state index contributed by atoms with van der Waals surface area (Å²) in [5, 5.41) is 93.6. The largest absolute Gasteiger partial charge is 0.508 e. The molecule has 0 spiro atoms. The summed E-state index contributed by atoms with van der Waals surface area (Å²) in [6.07, 6.45) is -3.32. The SMILES string of the molecule is CSCC[C@H](NC(=O)[C@@H](NC(=O)[C@H](Cc1ccc(O)cc1)NC(=O)[C@H](CCC(=O)O)NC(=O)[C@@H](NC(=O)[C@H](Cc1ccccc1)NC(=O)[C@@H](NC(=O)[C@H](Cc1ccc(O)cc1)NC(=O)CN)[C@@H](C)O)[C@@H](C)O)[C@@H](C)O)C(=O)N[C@@H](Cc1cnc[nH]1)C(=O)O. The van der Waals surface area contributed by atoms with Gasteiger partial charge >= 0.3 is 11.9 Å². The number of phenolic OH excluding ortho intramolecular Hbond substituents is 2. The average molecular weight is 1250 g/mol. The number of hydrogen-bond donors (Lipinski definition) is 18. The lowest BCUT2D eigenvalue weighted by molar-refractivity contribution is -0.142. The number of carboxylic acid groups (broad SMARTS) is 2. The molecule has 0 radical (unpaired) electrons. The summed E-state index contributed by atoms with van der Waals surface area (Å²) in [5.41, 5.74) is 7.07. The van der Waals surface area contributed by atoms with E-state index in [4.69, 9.17) is 5.73 Å². The Morgan fingerprint density at radius 1 is 0.489 bits per heavy atom. The molecule has 4 rings (SSSR count). The van der Waals surface area contributed by atoms with Crippen LogP contribution in [0, 0.1) is 0 Å². The highest BCUT2D eigenvalue weighted by atomic mass is 32.2. The molecule has 0 bridgehead atoms. The number of carbonyl (C=O) groups excluding carboxylic acids is 9. The van der Waals surface area contributed by atoms with Gasteiger partial charge in [0.2, 0.25) is 53.2 Å². The standard InChI is InChI=1S/C57H76N12O18S/c1-29(70)46(69-53(82)42(22-32-8-6-5-7-9-32)65-56(85)48(31(3)72)67-51(80)40(61-44(75)26-58)23-33-10-14-36(73)15-11-33)54(83)62-38(18-19-45(76)77)49(78)64-41(24-34-12-16-37(74)17-13-34)52(81)68-47(30(2)71)55(84)63-39(20-21-88-4)50(79)66-43(57(86)87)25-35-27-59-28-60-35/h5-17,27-31,38-43,46-48,70-74H,18-26,58H2,1-4H3,(H,59,60)(H,61,75)(H,62,83)(H,63,84)(H,64,78)(H,65,85)(H,66,79)(H,67,80)(H,68,81)(H,69,82)(H,76,77)(H,86,87)/t29-,30-,31-,38+,39+,40+,41+,42+,43+,46+,47+,48+/m1/s1. The molecule has 478 valence electrons. The Balaban J connectivity index is 1.60. The molecule has 12 atom stereocenters. The number of nitrogens with zero attached hydrogens (tertiary/aromatic N) is 1. The van der Waals surface area contributed by atoms with Crippen molar-refractivity contribution in [2.24, 2.45) is 5.73 Å². The van der Waals surface area contributed by atoms with E-state index in [1.807, 2.05) is 0 Å². The van der Waals surface area contributed by atoms with Gasteiger partial charge in [0.05, 0.1) is 31.2 Å². The van der Waals surface area contributed by atoms with Gasteiger partial charge in [-0.3, -0.25) is 47.9 Å². The number of aromatic hydroxyl groups is 2. The van der Waals surface area contributed by atoms with Crippen LogP contribution in [0.3, 0.4) is 0 Å². The van der Waals surface area contributed by atoms with Gasteiger partial charge in [0.15, 0.2) is 0 Å². The summed E-state index contributed by atoms with van der Waals surface area (Å²) in [5.74, 6) is -12.5. The molecule has 0 saturated heterocycles. The molecule has 30 nitrogen and oxygen atoms in total. The van der Waals surface area contributed by atoms with E-state index in [0.29, 0.717) is 22.4 Å². The van der Waals surface area contributed by atoms with Crippen LogP contribution < -0.4 is 53.6 Å². The molecule has 0 fully saturated rings. The summed E-state index contributed by atoms with van der Waals surface area (Å²) in [6.45, 7) is 2.85. The average Bonchev–Trinajstić information content (AvgIpc) is 4.03. The summed E-state index contributed by atoms with van der Waals surface area (Å²) in [6, 6.07) is 3.86. The monoisotopic (exact) mass is 1250 g/mol. The fourth-order valence-electron chi connectivity index (χ4n) is 8.63. The van der Waals surface area contributed by atoms with Crippen LogP contribution in [-0.2, 0) is 78.4 Å². The number of thioether (sulfide) groups is 1. The fraction of sp³-hybridized carbons (Fsp3) is 0.439. The van der Waals surface area contributed by atoms with Gasteiger partial charge in [-0.15, -0.1) is 0 Å². The van der Waals surface area contributed by atoms with Crippen LogP contribution >= 0.6 is 11.8 Å². The van der Waals surface area contributed by atoms with Gasteiger partial charge in [-0.05, 0) is 86.6 Å². The van der Waals surface area contributed by atoms with Gasteiger partial charge in [-0.2, -0.15) is 11.8 Å². The number of carboxylic acids is 2. The molecule has 3 aromatic carbocycles. The number of aliphatic hydroxyl groups excluding tert-OH is 3. The quantitative estimate of drug-likeness (QED) is 0.0208. The smallest absolute Gasteiger partial charge is 0.326 e. The van der Waals surface area contributed by atoms with Gasteiger partial charge < -0.3 is 94.3 Å². The highest BCUT2D eigenvalue weighted by molar-refractivity contribution is 7.98. The minimum Gasteiger partial charge on any atom is -0.508 e. The second kappa shape index (κ2) is 35.5. The Labute approximate surface area is 509 Å². The third kappa shape index (κ3) is 23.6. The van der Waals surface area contributed by atoms with E-state index in [-0.39, 0.29) is 42.9 Å². The van der Waals surface area contributed by atoms with Crippen molar-refractivity contribution in [1.29, 1.82) is 0 Å². The summed E-state index contributed by atoms with van der Waals surface area (Å²) < 4.78 is 0. The molecule has 0 aliphatic heterocycles. The van der Waals surface area contributed by atoms with Crippen LogP contribution in [0.2, 0.25) is 0 Å². The Morgan fingerprint density at radius 2 is 0.864 bits per heavy atom. The number of aromatic nitrogens is 2. The fourth-order valence-corrected chi connectivity index (χ4v) is 9.10. The van der Waals surface area contributed by atoms with Crippen LogP contribution in [0.5, 0.6) is 11.5 Å². The molecule has 0 saturated carbocycles. The number of rotatable bonds is 36. The zero-order valence-corrected chi connectivity index (χ0v) is 49.3. The third-order valence-corrected chi connectivity index (χ3v) is 14.1.